The predicted molar refractivity (Wildman–Crippen MR) is 84.1 cm³/mol. The summed E-state index contributed by atoms with van der Waals surface area (Å²) in [6.45, 7) is 4.95. The van der Waals surface area contributed by atoms with Gasteiger partial charge in [0.05, 0.1) is 12.3 Å². The lowest BCUT2D eigenvalue weighted by atomic mass is 9.91. The van der Waals surface area contributed by atoms with E-state index in [-0.39, 0.29) is 24.0 Å². The minimum absolute atomic E-state index is 0.197. The number of aromatic nitrogens is 2. The van der Waals surface area contributed by atoms with Crippen molar-refractivity contribution in [3.8, 4) is 0 Å². The van der Waals surface area contributed by atoms with Gasteiger partial charge in [0.2, 0.25) is 5.89 Å². The Hall–Kier alpha value is -2.35. The van der Waals surface area contributed by atoms with Crippen LogP contribution in [0.5, 0.6) is 0 Å². The summed E-state index contributed by atoms with van der Waals surface area (Å²) >= 11 is 0. The van der Waals surface area contributed by atoms with Crippen molar-refractivity contribution >= 4 is 6.03 Å². The molecule has 2 amide bonds. The first-order valence-corrected chi connectivity index (χ1v) is 8.12. The number of nitrogens with zero attached hydrogens (tertiary/aromatic N) is 2. The van der Waals surface area contributed by atoms with Crippen LogP contribution in [0, 0.1) is 12.8 Å². The van der Waals surface area contributed by atoms with E-state index in [4.69, 9.17) is 13.7 Å². The first kappa shape index (κ1) is 16.5. The Kier molecular flexibility index (Phi) is 5.14. The number of carbonyl (C=O) groups excluding carboxylic acids is 1. The summed E-state index contributed by atoms with van der Waals surface area (Å²) in [6.07, 6.45) is 3.25. The van der Waals surface area contributed by atoms with Crippen LogP contribution in [-0.2, 0) is 4.74 Å². The van der Waals surface area contributed by atoms with Gasteiger partial charge in [-0.25, -0.2) is 4.79 Å². The van der Waals surface area contributed by atoms with Crippen molar-refractivity contribution in [2.24, 2.45) is 5.92 Å². The number of furan rings is 1. The summed E-state index contributed by atoms with van der Waals surface area (Å²) in [7, 11) is 0. The summed E-state index contributed by atoms with van der Waals surface area (Å²) in [5, 5.41) is 9.67. The van der Waals surface area contributed by atoms with E-state index in [1.165, 1.54) is 0 Å². The largest absolute Gasteiger partial charge is 0.467 e. The van der Waals surface area contributed by atoms with Gasteiger partial charge in [0, 0.05) is 13.2 Å². The molecule has 8 heteroatoms. The Balaban J connectivity index is 1.67. The highest BCUT2D eigenvalue weighted by atomic mass is 16.5. The van der Waals surface area contributed by atoms with Crippen LogP contribution >= 0.6 is 0 Å². The van der Waals surface area contributed by atoms with Gasteiger partial charge >= 0.3 is 6.03 Å². The van der Waals surface area contributed by atoms with Crippen LogP contribution in [0.1, 0.15) is 49.3 Å². The van der Waals surface area contributed by atoms with Crippen LogP contribution in [0.2, 0.25) is 0 Å². The van der Waals surface area contributed by atoms with Crippen LogP contribution in [-0.4, -0.2) is 29.4 Å². The van der Waals surface area contributed by atoms with E-state index in [9.17, 15) is 4.79 Å². The van der Waals surface area contributed by atoms with Crippen LogP contribution < -0.4 is 10.6 Å². The molecule has 0 bridgehead atoms. The highest BCUT2D eigenvalue weighted by Crippen LogP contribution is 2.29. The molecule has 0 unspecified atom stereocenters. The van der Waals surface area contributed by atoms with Gasteiger partial charge in [0.15, 0.2) is 5.82 Å². The third-order valence-electron chi connectivity index (χ3n) is 4.15. The smallest absolute Gasteiger partial charge is 0.316 e. The molecule has 0 aliphatic carbocycles. The Morgan fingerprint density at radius 2 is 2.12 bits per heavy atom. The lowest BCUT2D eigenvalue weighted by Crippen LogP contribution is -2.42. The molecule has 0 spiro atoms. The summed E-state index contributed by atoms with van der Waals surface area (Å²) in [4.78, 5) is 16.7. The number of carbonyl (C=O) groups is 1. The quantitative estimate of drug-likeness (QED) is 0.871. The van der Waals surface area contributed by atoms with Crippen LogP contribution in [0.3, 0.4) is 0 Å². The van der Waals surface area contributed by atoms with Gasteiger partial charge in [0.25, 0.3) is 0 Å². The number of urea groups is 1. The second-order valence-electron chi connectivity index (χ2n) is 5.96. The van der Waals surface area contributed by atoms with E-state index < -0.39 is 0 Å². The highest BCUT2D eigenvalue weighted by Gasteiger charge is 2.31. The lowest BCUT2D eigenvalue weighted by molar-refractivity contribution is 0.0502. The number of hydrogen-bond donors (Lipinski definition) is 2. The minimum Gasteiger partial charge on any atom is -0.467 e. The summed E-state index contributed by atoms with van der Waals surface area (Å²) < 4.78 is 16.0. The van der Waals surface area contributed by atoms with E-state index in [1.54, 1.807) is 19.3 Å². The molecule has 3 heterocycles. The first-order chi connectivity index (χ1) is 11.6. The fourth-order valence-corrected chi connectivity index (χ4v) is 2.86. The number of ether oxygens (including phenoxy) is 1. The highest BCUT2D eigenvalue weighted by molar-refractivity contribution is 5.74. The lowest BCUT2D eigenvalue weighted by Gasteiger charge is -2.29. The molecular weight excluding hydrogens is 312 g/mol. The summed E-state index contributed by atoms with van der Waals surface area (Å²) in [5.41, 5.74) is 0. The van der Waals surface area contributed by atoms with E-state index >= 15 is 0 Å². The Bertz CT molecular complexity index is 649. The molecule has 1 fully saturated rings. The maximum absolute atomic E-state index is 12.4. The molecule has 0 aromatic carbocycles. The molecule has 1 saturated heterocycles. The van der Waals surface area contributed by atoms with Crippen molar-refractivity contribution < 1.29 is 18.5 Å². The number of rotatable bonds is 5. The number of aryl methyl sites for hydroxylation is 1. The third kappa shape index (κ3) is 3.94. The van der Waals surface area contributed by atoms with E-state index in [1.807, 2.05) is 13.0 Å². The molecule has 0 saturated carbocycles. The Labute approximate surface area is 139 Å². The molecule has 130 valence electrons. The van der Waals surface area contributed by atoms with E-state index in [2.05, 4.69) is 20.8 Å². The predicted octanol–water partition coefficient (Wildman–Crippen LogP) is 2.50. The molecule has 2 aromatic rings. The average Bonchev–Trinajstić information content (AvgIpc) is 3.25. The van der Waals surface area contributed by atoms with Gasteiger partial charge in [0.1, 0.15) is 11.8 Å². The summed E-state index contributed by atoms with van der Waals surface area (Å²) in [6, 6.07) is 2.74. The fourth-order valence-electron chi connectivity index (χ4n) is 2.86. The zero-order valence-electron chi connectivity index (χ0n) is 13.8. The minimum atomic E-state index is -0.334. The van der Waals surface area contributed by atoms with Crippen LogP contribution in [0.15, 0.2) is 27.3 Å². The standard InChI is InChI=1S/C16H22N4O4/c1-10(13-4-3-7-23-13)17-16(21)19-14(12-5-8-22-9-6-12)15-18-11(2)20-24-15/h3-4,7,10,12,14H,5-6,8-9H2,1-2H3,(H2,17,19,21)/t10-,14+/m1/s1. The summed E-state index contributed by atoms with van der Waals surface area (Å²) in [5.74, 6) is 1.87. The molecule has 2 atom stereocenters. The molecule has 2 aromatic heterocycles. The SMILES string of the molecule is Cc1noc([C@@H](NC(=O)N[C@H](C)c2ccco2)C2CCOCC2)n1. The van der Waals surface area contributed by atoms with Gasteiger partial charge < -0.3 is 24.3 Å². The van der Waals surface area contributed by atoms with Crippen molar-refractivity contribution in [2.75, 3.05) is 13.2 Å². The molecule has 1 aliphatic heterocycles. The molecule has 2 N–H and O–H groups in total. The zero-order chi connectivity index (χ0) is 16.9. The number of hydrogen-bond acceptors (Lipinski definition) is 6. The molecule has 3 rings (SSSR count). The first-order valence-electron chi connectivity index (χ1n) is 8.12. The van der Waals surface area contributed by atoms with Gasteiger partial charge in [-0.05, 0) is 44.7 Å². The maximum Gasteiger partial charge on any atom is 0.316 e. The van der Waals surface area contributed by atoms with Crippen LogP contribution in [0.4, 0.5) is 4.79 Å². The van der Waals surface area contributed by atoms with E-state index in [0.29, 0.717) is 30.7 Å². The van der Waals surface area contributed by atoms with Gasteiger partial charge in [-0.2, -0.15) is 4.98 Å². The van der Waals surface area contributed by atoms with Crippen molar-refractivity contribution in [3.05, 3.63) is 35.9 Å². The monoisotopic (exact) mass is 334 g/mol. The van der Waals surface area contributed by atoms with Crippen LogP contribution in [0.25, 0.3) is 0 Å². The van der Waals surface area contributed by atoms with Gasteiger partial charge in [-0.3, -0.25) is 0 Å². The number of amides is 2. The third-order valence-corrected chi connectivity index (χ3v) is 4.15. The normalized spacial score (nSPS) is 18.1. The molecular formula is C16H22N4O4. The molecule has 0 radical (unpaired) electrons. The van der Waals surface area contributed by atoms with E-state index in [0.717, 1.165) is 12.8 Å². The van der Waals surface area contributed by atoms with Crippen molar-refractivity contribution in [1.82, 2.24) is 20.8 Å². The number of nitrogens with one attached hydrogen (secondary N) is 2. The average molecular weight is 334 g/mol. The molecule has 1 aliphatic rings. The van der Waals surface area contributed by atoms with Crippen molar-refractivity contribution in [2.45, 2.75) is 38.8 Å². The topological polar surface area (TPSA) is 102 Å². The fraction of sp³-hybridized carbons (Fsp3) is 0.562. The molecule has 8 nitrogen and oxygen atoms in total. The zero-order valence-corrected chi connectivity index (χ0v) is 13.8. The van der Waals surface area contributed by atoms with Crippen molar-refractivity contribution in [1.29, 1.82) is 0 Å². The molecule has 24 heavy (non-hydrogen) atoms. The Morgan fingerprint density at radius 3 is 2.75 bits per heavy atom. The van der Waals surface area contributed by atoms with Gasteiger partial charge in [-0.15, -0.1) is 0 Å². The second kappa shape index (κ2) is 7.48. The maximum atomic E-state index is 12.4. The second-order valence-corrected chi connectivity index (χ2v) is 5.96. The van der Waals surface area contributed by atoms with Crippen molar-refractivity contribution in [3.63, 3.8) is 0 Å². The van der Waals surface area contributed by atoms with Gasteiger partial charge in [-0.1, -0.05) is 5.16 Å². The Morgan fingerprint density at radius 1 is 1.33 bits per heavy atom.